The predicted octanol–water partition coefficient (Wildman–Crippen LogP) is 4.30. The van der Waals surface area contributed by atoms with Gasteiger partial charge >= 0.3 is 5.97 Å². The Morgan fingerprint density at radius 3 is 2.65 bits per heavy atom. The molecule has 0 aliphatic rings. The monoisotopic (exact) mass is 391 g/mol. The summed E-state index contributed by atoms with van der Waals surface area (Å²) in [6.07, 6.45) is 0.0362. The molecule has 2 rings (SSSR count). The van der Waals surface area contributed by atoms with Crippen LogP contribution in [0.15, 0.2) is 48.5 Å². The van der Waals surface area contributed by atoms with E-state index >= 15 is 0 Å². The van der Waals surface area contributed by atoms with Gasteiger partial charge in [-0.1, -0.05) is 59.6 Å². The van der Waals surface area contributed by atoms with Crippen molar-refractivity contribution in [3.8, 4) is 0 Å². The third kappa shape index (κ3) is 6.39. The Hall–Kier alpha value is -1.98. The van der Waals surface area contributed by atoms with E-state index in [0.717, 1.165) is 5.75 Å². The molecule has 0 fully saturated rings. The molecule has 1 N–H and O–H groups in total. The van der Waals surface area contributed by atoms with Crippen LogP contribution in [0.5, 0.6) is 0 Å². The van der Waals surface area contributed by atoms with Crippen LogP contribution in [0.4, 0.5) is 0 Å². The molecule has 1 amide bonds. The number of benzene rings is 2. The number of carbonyl (C=O) groups is 2. The van der Waals surface area contributed by atoms with Gasteiger partial charge in [0.2, 0.25) is 5.91 Å². The summed E-state index contributed by atoms with van der Waals surface area (Å²) in [6, 6.07) is 14.9. The number of nitrogens with one attached hydrogen (secondary N) is 1. The van der Waals surface area contributed by atoms with Crippen molar-refractivity contribution in [1.82, 2.24) is 5.32 Å². The number of hydrogen-bond donors (Lipinski definition) is 1. The second-order valence-corrected chi connectivity index (χ2v) is 7.30. The number of carbonyl (C=O) groups excluding carboxylic acids is 2. The highest BCUT2D eigenvalue weighted by atomic mass is 35.5. The molecule has 0 aromatic heterocycles. The summed E-state index contributed by atoms with van der Waals surface area (Å²) >= 11 is 7.75. The van der Waals surface area contributed by atoms with Gasteiger partial charge in [0.1, 0.15) is 0 Å². The van der Waals surface area contributed by atoms with Crippen molar-refractivity contribution < 1.29 is 14.3 Å². The number of ether oxygens (including phenoxy) is 1. The molecule has 1 atom stereocenters. The predicted molar refractivity (Wildman–Crippen MR) is 106 cm³/mol. The van der Waals surface area contributed by atoms with Crippen molar-refractivity contribution in [3.05, 3.63) is 70.2 Å². The molecule has 0 radical (unpaired) electrons. The average Bonchev–Trinajstić information content (AvgIpc) is 2.61. The number of halogens is 1. The Bertz CT molecular complexity index is 766. The molecule has 2 aromatic carbocycles. The minimum Gasteiger partial charge on any atom is -0.469 e. The number of rotatable bonds is 8. The Labute approximate surface area is 163 Å². The SMILES string of the molecule is COC(=O)C[C@H](NC(=O)CSCc1cccc(C)c1)c1ccccc1Cl. The van der Waals surface area contributed by atoms with Gasteiger partial charge in [0.15, 0.2) is 0 Å². The molecule has 0 spiro atoms. The Morgan fingerprint density at radius 2 is 1.96 bits per heavy atom. The third-order valence-corrected chi connectivity index (χ3v) is 5.15. The van der Waals surface area contributed by atoms with Gasteiger partial charge in [0.25, 0.3) is 0 Å². The van der Waals surface area contributed by atoms with Crippen LogP contribution < -0.4 is 5.32 Å². The van der Waals surface area contributed by atoms with Crippen LogP contribution in [0.1, 0.15) is 29.2 Å². The lowest BCUT2D eigenvalue weighted by Gasteiger charge is -2.19. The Balaban J connectivity index is 1.95. The summed E-state index contributed by atoms with van der Waals surface area (Å²) in [5.41, 5.74) is 3.08. The van der Waals surface area contributed by atoms with Crippen molar-refractivity contribution in [1.29, 1.82) is 0 Å². The van der Waals surface area contributed by atoms with Crippen LogP contribution >= 0.6 is 23.4 Å². The largest absolute Gasteiger partial charge is 0.469 e. The maximum atomic E-state index is 12.3. The molecular weight excluding hydrogens is 370 g/mol. The summed E-state index contributed by atoms with van der Waals surface area (Å²) in [5.74, 6) is 0.512. The van der Waals surface area contributed by atoms with Gasteiger partial charge in [-0.05, 0) is 24.1 Å². The molecule has 0 bridgehead atoms. The minimum atomic E-state index is -0.511. The van der Waals surface area contributed by atoms with Crippen LogP contribution in [0.25, 0.3) is 0 Å². The molecule has 0 aliphatic carbocycles. The highest BCUT2D eigenvalue weighted by molar-refractivity contribution is 7.99. The highest BCUT2D eigenvalue weighted by Gasteiger charge is 2.21. The normalized spacial score (nSPS) is 11.7. The van der Waals surface area contributed by atoms with Crippen LogP contribution in [-0.4, -0.2) is 24.7 Å². The number of amides is 1. The quantitative estimate of drug-likeness (QED) is 0.681. The van der Waals surface area contributed by atoms with Crippen LogP contribution in [0, 0.1) is 6.92 Å². The van der Waals surface area contributed by atoms with E-state index < -0.39 is 12.0 Å². The van der Waals surface area contributed by atoms with E-state index in [1.807, 2.05) is 31.2 Å². The average molecular weight is 392 g/mol. The first-order valence-electron chi connectivity index (χ1n) is 8.23. The zero-order chi connectivity index (χ0) is 18.9. The molecular formula is C20H22ClNO3S. The summed E-state index contributed by atoms with van der Waals surface area (Å²) < 4.78 is 4.74. The van der Waals surface area contributed by atoms with Crippen LogP contribution in [-0.2, 0) is 20.1 Å². The van der Waals surface area contributed by atoms with Crippen LogP contribution in [0.3, 0.4) is 0 Å². The van der Waals surface area contributed by atoms with E-state index in [0.29, 0.717) is 16.3 Å². The lowest BCUT2D eigenvalue weighted by molar-refractivity contribution is -0.141. The zero-order valence-electron chi connectivity index (χ0n) is 14.8. The van der Waals surface area contributed by atoms with Crippen molar-refractivity contribution in [2.45, 2.75) is 25.1 Å². The van der Waals surface area contributed by atoms with E-state index in [1.165, 1.54) is 30.0 Å². The molecule has 0 unspecified atom stereocenters. The van der Waals surface area contributed by atoms with Gasteiger partial charge in [-0.2, -0.15) is 0 Å². The molecule has 0 saturated carbocycles. The van der Waals surface area contributed by atoms with Gasteiger partial charge in [-0.15, -0.1) is 11.8 Å². The summed E-state index contributed by atoms with van der Waals surface area (Å²) in [4.78, 5) is 24.0. The molecule has 138 valence electrons. The topological polar surface area (TPSA) is 55.4 Å². The van der Waals surface area contributed by atoms with E-state index in [1.54, 1.807) is 18.2 Å². The first kappa shape index (κ1) is 20.3. The van der Waals surface area contributed by atoms with Crippen molar-refractivity contribution in [2.75, 3.05) is 12.9 Å². The summed E-state index contributed by atoms with van der Waals surface area (Å²) in [5, 5.41) is 3.40. The second-order valence-electron chi connectivity index (χ2n) is 5.90. The maximum absolute atomic E-state index is 12.3. The van der Waals surface area contributed by atoms with E-state index in [9.17, 15) is 9.59 Å². The van der Waals surface area contributed by atoms with E-state index in [-0.39, 0.29) is 12.3 Å². The third-order valence-electron chi connectivity index (χ3n) is 3.80. The lowest BCUT2D eigenvalue weighted by atomic mass is 10.0. The maximum Gasteiger partial charge on any atom is 0.307 e. The number of methoxy groups -OCH3 is 1. The van der Waals surface area contributed by atoms with Gasteiger partial charge < -0.3 is 10.1 Å². The van der Waals surface area contributed by atoms with E-state index in [4.69, 9.17) is 16.3 Å². The van der Waals surface area contributed by atoms with Crippen molar-refractivity contribution in [3.63, 3.8) is 0 Å². The van der Waals surface area contributed by atoms with Gasteiger partial charge in [0.05, 0.1) is 25.3 Å². The number of thioether (sulfide) groups is 1. The van der Waals surface area contributed by atoms with Gasteiger partial charge in [-0.25, -0.2) is 0 Å². The molecule has 0 saturated heterocycles. The number of esters is 1. The fourth-order valence-electron chi connectivity index (χ4n) is 2.55. The van der Waals surface area contributed by atoms with E-state index in [2.05, 4.69) is 11.4 Å². The Kier molecular flexibility index (Phi) is 8.01. The molecule has 0 heterocycles. The smallest absolute Gasteiger partial charge is 0.307 e. The minimum absolute atomic E-state index is 0.0362. The van der Waals surface area contributed by atoms with Crippen molar-refractivity contribution >= 4 is 35.2 Å². The van der Waals surface area contributed by atoms with Crippen molar-refractivity contribution in [2.24, 2.45) is 0 Å². The summed E-state index contributed by atoms with van der Waals surface area (Å²) in [6.45, 7) is 2.04. The molecule has 0 aliphatic heterocycles. The Morgan fingerprint density at radius 1 is 1.19 bits per heavy atom. The standard InChI is InChI=1S/C20H22ClNO3S/c1-14-6-5-7-15(10-14)12-26-13-19(23)22-18(11-20(24)25-2)16-8-3-4-9-17(16)21/h3-10,18H,11-13H2,1-2H3,(H,22,23)/t18-/m0/s1. The highest BCUT2D eigenvalue weighted by Crippen LogP contribution is 2.25. The first-order chi connectivity index (χ1) is 12.5. The lowest BCUT2D eigenvalue weighted by Crippen LogP contribution is -2.32. The summed E-state index contributed by atoms with van der Waals surface area (Å²) in [7, 11) is 1.32. The molecule has 4 nitrogen and oxygen atoms in total. The second kappa shape index (κ2) is 10.2. The van der Waals surface area contributed by atoms with Gasteiger partial charge in [-0.3, -0.25) is 9.59 Å². The fraction of sp³-hybridized carbons (Fsp3) is 0.300. The molecule has 26 heavy (non-hydrogen) atoms. The fourth-order valence-corrected chi connectivity index (χ4v) is 3.60. The number of aryl methyl sites for hydroxylation is 1. The first-order valence-corrected chi connectivity index (χ1v) is 9.76. The van der Waals surface area contributed by atoms with Gasteiger partial charge in [0, 0.05) is 10.8 Å². The number of hydrogen-bond acceptors (Lipinski definition) is 4. The molecule has 6 heteroatoms. The van der Waals surface area contributed by atoms with Crippen LogP contribution in [0.2, 0.25) is 5.02 Å². The molecule has 2 aromatic rings. The zero-order valence-corrected chi connectivity index (χ0v) is 16.4.